The van der Waals surface area contributed by atoms with Gasteiger partial charge < -0.3 is 15.1 Å². The normalized spacial score (nSPS) is 20.0. The fraction of sp³-hybridized carbons (Fsp3) is 0.485. The number of benzene rings is 2. The van der Waals surface area contributed by atoms with E-state index in [1.54, 1.807) is 30.8 Å². The van der Waals surface area contributed by atoms with Crippen LogP contribution in [0.1, 0.15) is 93.0 Å². The number of hydrogen-bond acceptors (Lipinski definition) is 4. The van der Waals surface area contributed by atoms with Crippen molar-refractivity contribution in [2.75, 3.05) is 11.4 Å². The Morgan fingerprint density at radius 1 is 1.02 bits per heavy atom. The number of fused-ring (bicyclic) bond motifs is 2. The minimum Gasteiger partial charge on any atom is -0.354 e. The zero-order chi connectivity index (χ0) is 29.5. The van der Waals surface area contributed by atoms with E-state index in [2.05, 4.69) is 27.4 Å². The molecule has 1 N–H and O–H groups in total. The second-order valence-corrected chi connectivity index (χ2v) is 12.0. The number of alkyl halides is 2. The lowest BCUT2D eigenvalue weighted by atomic mass is 9.80. The van der Waals surface area contributed by atoms with E-state index in [9.17, 15) is 18.4 Å². The summed E-state index contributed by atoms with van der Waals surface area (Å²) in [6.07, 6.45) is 6.41. The van der Waals surface area contributed by atoms with Crippen LogP contribution in [-0.2, 0) is 35.6 Å². The molecule has 2 aromatic carbocycles. The van der Waals surface area contributed by atoms with Crippen LogP contribution in [0.4, 0.5) is 20.2 Å². The number of anilines is 2. The number of carbonyl (C=O) groups is 2. The van der Waals surface area contributed by atoms with Gasteiger partial charge in [0.25, 0.3) is 6.43 Å². The average molecular weight is 576 g/mol. The molecule has 0 radical (unpaired) electrons. The van der Waals surface area contributed by atoms with Crippen molar-refractivity contribution in [3.63, 3.8) is 0 Å². The number of carbonyl (C=O) groups excluding carboxylic acids is 2. The summed E-state index contributed by atoms with van der Waals surface area (Å²) in [5.74, 6) is 0.395. The van der Waals surface area contributed by atoms with E-state index in [1.807, 2.05) is 24.1 Å². The van der Waals surface area contributed by atoms with Crippen LogP contribution < -0.4 is 10.2 Å². The predicted molar refractivity (Wildman–Crippen MR) is 159 cm³/mol. The summed E-state index contributed by atoms with van der Waals surface area (Å²) in [4.78, 5) is 28.1. The van der Waals surface area contributed by atoms with Crippen molar-refractivity contribution in [1.29, 1.82) is 0 Å². The Kier molecular flexibility index (Phi) is 7.77. The van der Waals surface area contributed by atoms with E-state index in [-0.39, 0.29) is 23.4 Å². The zero-order valence-corrected chi connectivity index (χ0v) is 24.6. The molecule has 3 heterocycles. The highest BCUT2D eigenvalue weighted by Gasteiger charge is 2.32. The Bertz CT molecular complexity index is 1510. The highest BCUT2D eigenvalue weighted by molar-refractivity contribution is 5.80. The molecule has 1 aliphatic carbocycles. The van der Waals surface area contributed by atoms with Crippen molar-refractivity contribution in [3.05, 3.63) is 64.5 Å². The Hall–Kier alpha value is -3.75. The van der Waals surface area contributed by atoms with Crippen LogP contribution in [-0.4, -0.2) is 39.1 Å². The van der Waals surface area contributed by atoms with Crippen LogP contribution >= 0.6 is 0 Å². The summed E-state index contributed by atoms with van der Waals surface area (Å²) in [5.41, 5.74) is 7.69. The van der Waals surface area contributed by atoms with E-state index in [0.29, 0.717) is 36.7 Å². The van der Waals surface area contributed by atoms with Crippen LogP contribution in [0.25, 0.3) is 11.1 Å². The van der Waals surface area contributed by atoms with Gasteiger partial charge in [0, 0.05) is 80.3 Å². The lowest BCUT2D eigenvalue weighted by Gasteiger charge is -2.35. The minimum atomic E-state index is -2.62. The first kappa shape index (κ1) is 28.4. The molecule has 7 nitrogen and oxygen atoms in total. The van der Waals surface area contributed by atoms with Crippen molar-refractivity contribution in [3.8, 4) is 11.1 Å². The molecular formula is C33H39F2N5O2. The Labute approximate surface area is 245 Å². The van der Waals surface area contributed by atoms with E-state index in [0.717, 1.165) is 73.1 Å². The molecule has 42 heavy (non-hydrogen) atoms. The number of hydrogen-bond donors (Lipinski definition) is 1. The van der Waals surface area contributed by atoms with Crippen LogP contribution in [0.15, 0.2) is 36.7 Å². The first-order valence-corrected chi connectivity index (χ1v) is 15.2. The van der Waals surface area contributed by atoms with Gasteiger partial charge in [0.2, 0.25) is 11.8 Å². The number of aromatic nitrogens is 2. The number of rotatable bonds is 6. The third kappa shape index (κ3) is 5.41. The quantitative estimate of drug-likeness (QED) is 0.359. The van der Waals surface area contributed by atoms with Gasteiger partial charge in [-0.2, -0.15) is 5.10 Å². The molecule has 1 fully saturated rings. The maximum absolute atomic E-state index is 14.6. The van der Waals surface area contributed by atoms with Crippen LogP contribution in [0, 0.1) is 0 Å². The summed E-state index contributed by atoms with van der Waals surface area (Å²) in [5, 5.41) is 7.39. The number of halogens is 2. The maximum atomic E-state index is 14.6. The van der Waals surface area contributed by atoms with Crippen LogP contribution in [0.2, 0.25) is 0 Å². The van der Waals surface area contributed by atoms with Crippen molar-refractivity contribution in [2.24, 2.45) is 0 Å². The van der Waals surface area contributed by atoms with E-state index >= 15 is 0 Å². The van der Waals surface area contributed by atoms with Crippen molar-refractivity contribution < 1.29 is 18.4 Å². The summed E-state index contributed by atoms with van der Waals surface area (Å²) in [6.45, 7) is 7.64. The van der Waals surface area contributed by atoms with Gasteiger partial charge in [-0.25, -0.2) is 8.78 Å². The number of amides is 2. The number of nitrogens with zero attached hydrogens (tertiary/aromatic N) is 4. The molecule has 2 amide bonds. The maximum Gasteiger partial charge on any atom is 0.264 e. The molecule has 1 saturated carbocycles. The Morgan fingerprint density at radius 3 is 2.48 bits per heavy atom. The van der Waals surface area contributed by atoms with Crippen LogP contribution in [0.5, 0.6) is 0 Å². The molecule has 0 atom stereocenters. The lowest BCUT2D eigenvalue weighted by Crippen LogP contribution is -2.35. The molecule has 0 unspecified atom stereocenters. The van der Waals surface area contributed by atoms with E-state index in [1.165, 1.54) is 5.56 Å². The van der Waals surface area contributed by atoms with Gasteiger partial charge in [-0.1, -0.05) is 6.07 Å². The van der Waals surface area contributed by atoms with Gasteiger partial charge >= 0.3 is 0 Å². The monoisotopic (exact) mass is 575 g/mol. The van der Waals surface area contributed by atoms with Crippen molar-refractivity contribution in [1.82, 2.24) is 20.0 Å². The van der Waals surface area contributed by atoms with E-state index < -0.39 is 6.43 Å². The SMILES string of the molecule is CCn1cc(-c2cc3c(cc2C(F)F)N(c2cc(C4CCC(NC(C)=O)CC4)cc4c2CN(C(C)=O)C4)CCC3)cn1. The molecule has 6 rings (SSSR count). The Balaban J connectivity index is 1.41. The first-order chi connectivity index (χ1) is 20.2. The standard InChI is InChI=1S/C33H39F2N5O2/c1-4-39-18-26(16-36-39)28-13-23-6-5-11-40(31(23)15-29(28)33(34)35)32-14-24(12-25-17-38(21(3)42)19-30(25)32)22-7-9-27(10-8-22)37-20(2)41/h12-16,18,22,27,33H,4-11,17,19H2,1-3H3,(H,37,41). The molecule has 3 aliphatic rings. The van der Waals surface area contributed by atoms with Gasteiger partial charge in [-0.15, -0.1) is 0 Å². The van der Waals surface area contributed by atoms with Gasteiger partial charge in [-0.3, -0.25) is 14.3 Å². The zero-order valence-electron chi connectivity index (χ0n) is 24.6. The fourth-order valence-electron chi connectivity index (χ4n) is 7.08. The molecule has 2 aliphatic heterocycles. The third-order valence-corrected chi connectivity index (χ3v) is 9.27. The minimum absolute atomic E-state index is 0.0110. The van der Waals surface area contributed by atoms with E-state index in [4.69, 9.17) is 0 Å². The molecule has 0 saturated heterocycles. The molecule has 3 aromatic rings. The molecule has 0 bridgehead atoms. The molecule has 222 valence electrons. The van der Waals surface area contributed by atoms with Crippen LogP contribution in [0.3, 0.4) is 0 Å². The highest BCUT2D eigenvalue weighted by atomic mass is 19.3. The highest BCUT2D eigenvalue weighted by Crippen LogP contribution is 2.46. The second kappa shape index (κ2) is 11.5. The molecule has 0 spiro atoms. The van der Waals surface area contributed by atoms with Gasteiger partial charge in [0.15, 0.2) is 0 Å². The fourth-order valence-corrected chi connectivity index (χ4v) is 7.08. The Morgan fingerprint density at radius 2 is 1.81 bits per heavy atom. The topological polar surface area (TPSA) is 70.5 Å². The third-order valence-electron chi connectivity index (χ3n) is 9.27. The predicted octanol–water partition coefficient (Wildman–Crippen LogP) is 6.62. The molecular weight excluding hydrogens is 536 g/mol. The summed E-state index contributed by atoms with van der Waals surface area (Å²) in [7, 11) is 0. The van der Waals surface area contributed by atoms with Crippen molar-refractivity contribution >= 4 is 23.2 Å². The van der Waals surface area contributed by atoms with Gasteiger partial charge in [-0.05, 0) is 91.8 Å². The molecule has 9 heteroatoms. The second-order valence-electron chi connectivity index (χ2n) is 12.0. The average Bonchev–Trinajstić information content (AvgIpc) is 3.63. The molecule has 1 aromatic heterocycles. The summed E-state index contributed by atoms with van der Waals surface area (Å²) >= 11 is 0. The van der Waals surface area contributed by atoms with Gasteiger partial charge in [0.1, 0.15) is 0 Å². The first-order valence-electron chi connectivity index (χ1n) is 15.2. The largest absolute Gasteiger partial charge is 0.354 e. The summed E-state index contributed by atoms with van der Waals surface area (Å²) < 4.78 is 30.9. The smallest absolute Gasteiger partial charge is 0.264 e. The van der Waals surface area contributed by atoms with Gasteiger partial charge in [0.05, 0.1) is 6.20 Å². The van der Waals surface area contributed by atoms with Crippen molar-refractivity contribution in [2.45, 2.75) is 97.3 Å². The summed E-state index contributed by atoms with van der Waals surface area (Å²) in [6, 6.07) is 8.35. The number of aryl methyl sites for hydroxylation is 2. The number of nitrogens with one attached hydrogen (secondary N) is 1. The lowest BCUT2D eigenvalue weighted by molar-refractivity contribution is -0.129.